The van der Waals surface area contributed by atoms with E-state index in [1.165, 1.54) is 32.4 Å². The van der Waals surface area contributed by atoms with E-state index < -0.39 is 0 Å². The fourth-order valence-corrected chi connectivity index (χ4v) is 2.78. The Morgan fingerprint density at radius 1 is 1.15 bits per heavy atom. The molecule has 6 nitrogen and oxygen atoms in total. The lowest BCUT2D eigenvalue weighted by atomic mass is 10.1. The molecular weight excluding hydrogens is 272 g/mol. The maximum atomic E-state index is 5.32. The molecule has 0 radical (unpaired) electrons. The number of nitrogens with zero attached hydrogens (tertiary/aromatic N) is 5. The zero-order chi connectivity index (χ0) is 13.8. The Kier molecular flexibility index (Phi) is 4.17. The van der Waals surface area contributed by atoms with Crippen molar-refractivity contribution in [3.63, 3.8) is 0 Å². The number of aromatic nitrogens is 5. The molecule has 3 rings (SSSR count). The third kappa shape index (κ3) is 2.94. The monoisotopic (exact) mass is 290 g/mol. The van der Waals surface area contributed by atoms with Gasteiger partial charge in [-0.2, -0.15) is 5.10 Å². The molecule has 0 spiro atoms. The van der Waals surface area contributed by atoms with Gasteiger partial charge in [0.1, 0.15) is 5.69 Å². The molecule has 0 unspecified atom stereocenters. The lowest BCUT2D eigenvalue weighted by Crippen LogP contribution is -2.32. The van der Waals surface area contributed by atoms with Gasteiger partial charge in [0, 0.05) is 25.5 Å². The molecule has 106 valence electrons. The molecule has 2 aromatic rings. The summed E-state index contributed by atoms with van der Waals surface area (Å²) < 4.78 is 2.65. The molecule has 1 aliphatic heterocycles. The van der Waals surface area contributed by atoms with Crippen LogP contribution in [0.2, 0.25) is 0 Å². The molecule has 20 heavy (non-hydrogen) atoms. The molecule has 1 saturated heterocycles. The Morgan fingerprint density at radius 2 is 2.00 bits per heavy atom. The van der Waals surface area contributed by atoms with E-state index >= 15 is 0 Å². The van der Waals surface area contributed by atoms with Crippen LogP contribution >= 0.6 is 12.2 Å². The van der Waals surface area contributed by atoms with Gasteiger partial charge in [0.25, 0.3) is 0 Å². The minimum atomic E-state index is 0.641. The van der Waals surface area contributed by atoms with Gasteiger partial charge >= 0.3 is 0 Å². The number of hydrogen-bond donors (Lipinski definition) is 1. The number of H-pyrrole nitrogens is 1. The third-order valence-electron chi connectivity index (χ3n) is 3.64. The van der Waals surface area contributed by atoms with Crippen LogP contribution in [0.1, 0.15) is 19.3 Å². The Labute approximate surface area is 122 Å². The van der Waals surface area contributed by atoms with Crippen molar-refractivity contribution in [1.29, 1.82) is 0 Å². The van der Waals surface area contributed by atoms with E-state index in [-0.39, 0.29) is 0 Å². The van der Waals surface area contributed by atoms with Crippen molar-refractivity contribution < 1.29 is 0 Å². The van der Waals surface area contributed by atoms with Gasteiger partial charge < -0.3 is 4.90 Å². The predicted octanol–water partition coefficient (Wildman–Crippen LogP) is 1.88. The molecule has 0 atom stereocenters. The summed E-state index contributed by atoms with van der Waals surface area (Å²) in [6.45, 7) is 4.21. The van der Waals surface area contributed by atoms with Crippen molar-refractivity contribution in [3.8, 4) is 11.5 Å². The lowest BCUT2D eigenvalue weighted by molar-refractivity contribution is 0.221. The van der Waals surface area contributed by atoms with Crippen molar-refractivity contribution in [2.45, 2.75) is 25.8 Å². The second-order valence-corrected chi connectivity index (χ2v) is 5.38. The van der Waals surface area contributed by atoms with Crippen LogP contribution < -0.4 is 0 Å². The van der Waals surface area contributed by atoms with Crippen molar-refractivity contribution in [1.82, 2.24) is 29.6 Å². The summed E-state index contributed by atoms with van der Waals surface area (Å²) in [4.78, 5) is 10.9. The van der Waals surface area contributed by atoms with Gasteiger partial charge in [-0.3, -0.25) is 14.6 Å². The Balaban J connectivity index is 1.76. The molecule has 3 heterocycles. The summed E-state index contributed by atoms with van der Waals surface area (Å²) in [5.74, 6) is 0.764. The number of aromatic amines is 1. The molecule has 1 N–H and O–H groups in total. The van der Waals surface area contributed by atoms with Crippen LogP contribution in [0, 0.1) is 4.77 Å². The molecule has 2 aromatic heterocycles. The lowest BCUT2D eigenvalue weighted by Gasteiger charge is -2.26. The fraction of sp³-hybridized carbons (Fsp3) is 0.538. The number of nitrogens with one attached hydrogen (secondary N) is 1. The summed E-state index contributed by atoms with van der Waals surface area (Å²) in [6.07, 6.45) is 8.99. The summed E-state index contributed by atoms with van der Waals surface area (Å²) >= 11 is 5.32. The van der Waals surface area contributed by atoms with Crippen LogP contribution in [-0.4, -0.2) is 49.3 Å². The van der Waals surface area contributed by atoms with Gasteiger partial charge in [-0.05, 0) is 38.1 Å². The number of rotatable bonds is 4. The van der Waals surface area contributed by atoms with Gasteiger partial charge in [-0.15, -0.1) is 0 Å². The highest BCUT2D eigenvalue weighted by Gasteiger charge is 2.13. The van der Waals surface area contributed by atoms with Gasteiger partial charge in [0.15, 0.2) is 10.6 Å². The predicted molar refractivity (Wildman–Crippen MR) is 78.7 cm³/mol. The van der Waals surface area contributed by atoms with Gasteiger partial charge in [0.2, 0.25) is 0 Å². The Hall–Kier alpha value is -1.60. The van der Waals surface area contributed by atoms with Gasteiger partial charge in [-0.25, -0.2) is 4.98 Å². The summed E-state index contributed by atoms with van der Waals surface area (Å²) in [6, 6.07) is 0. The average molecular weight is 290 g/mol. The summed E-state index contributed by atoms with van der Waals surface area (Å²) in [5.41, 5.74) is 0.749. The SMILES string of the molecule is S=c1[nH]nc(-c2cnccn2)n1CCN1CCCCC1. The topological polar surface area (TPSA) is 62.6 Å². The van der Waals surface area contributed by atoms with E-state index in [1.807, 2.05) is 4.57 Å². The molecule has 1 fully saturated rings. The maximum absolute atomic E-state index is 5.32. The largest absolute Gasteiger partial charge is 0.302 e. The smallest absolute Gasteiger partial charge is 0.195 e. The minimum Gasteiger partial charge on any atom is -0.302 e. The number of piperidine rings is 1. The van der Waals surface area contributed by atoms with Crippen LogP contribution in [-0.2, 0) is 6.54 Å². The number of hydrogen-bond acceptors (Lipinski definition) is 5. The molecule has 0 saturated carbocycles. The molecule has 1 aliphatic rings. The second-order valence-electron chi connectivity index (χ2n) is 5.00. The van der Waals surface area contributed by atoms with E-state index in [9.17, 15) is 0 Å². The first-order valence-electron chi connectivity index (χ1n) is 6.98. The zero-order valence-corrected chi connectivity index (χ0v) is 12.1. The van der Waals surface area contributed by atoms with E-state index in [0.717, 1.165) is 24.6 Å². The minimum absolute atomic E-state index is 0.641. The second kappa shape index (κ2) is 6.23. The van der Waals surface area contributed by atoms with E-state index in [0.29, 0.717) is 4.77 Å². The standard InChI is InChI=1S/C13H18N6S/c20-13-17-16-12(11-10-14-4-5-15-11)19(13)9-8-18-6-2-1-3-7-18/h4-5,10H,1-3,6-9H2,(H,17,20). The number of likely N-dealkylation sites (tertiary alicyclic amines) is 1. The van der Waals surface area contributed by atoms with Crippen molar-refractivity contribution in [3.05, 3.63) is 23.4 Å². The molecular formula is C13H18N6S. The van der Waals surface area contributed by atoms with Crippen LogP contribution in [0.5, 0.6) is 0 Å². The molecule has 0 bridgehead atoms. The first-order chi connectivity index (χ1) is 9.84. The molecule has 0 aliphatic carbocycles. The Bertz CT molecular complexity index is 599. The average Bonchev–Trinajstić information content (AvgIpc) is 2.88. The summed E-state index contributed by atoms with van der Waals surface area (Å²) in [7, 11) is 0. The van der Waals surface area contributed by atoms with Crippen LogP contribution in [0.25, 0.3) is 11.5 Å². The van der Waals surface area contributed by atoms with E-state index in [2.05, 4.69) is 25.1 Å². The summed E-state index contributed by atoms with van der Waals surface area (Å²) in [5, 5.41) is 7.13. The highest BCUT2D eigenvalue weighted by atomic mass is 32.1. The maximum Gasteiger partial charge on any atom is 0.195 e. The van der Waals surface area contributed by atoms with Crippen molar-refractivity contribution in [2.24, 2.45) is 0 Å². The van der Waals surface area contributed by atoms with Crippen LogP contribution in [0.3, 0.4) is 0 Å². The van der Waals surface area contributed by atoms with Gasteiger partial charge in [0.05, 0.1) is 6.20 Å². The quantitative estimate of drug-likeness (QED) is 0.871. The van der Waals surface area contributed by atoms with Crippen LogP contribution in [0.15, 0.2) is 18.6 Å². The highest BCUT2D eigenvalue weighted by molar-refractivity contribution is 7.71. The zero-order valence-electron chi connectivity index (χ0n) is 11.3. The Morgan fingerprint density at radius 3 is 2.75 bits per heavy atom. The third-order valence-corrected chi connectivity index (χ3v) is 3.95. The highest BCUT2D eigenvalue weighted by Crippen LogP contribution is 2.14. The molecule has 0 amide bonds. The van der Waals surface area contributed by atoms with Crippen molar-refractivity contribution in [2.75, 3.05) is 19.6 Å². The molecule has 7 heteroatoms. The van der Waals surface area contributed by atoms with Crippen molar-refractivity contribution >= 4 is 12.2 Å². The molecule has 0 aromatic carbocycles. The first kappa shape index (κ1) is 13.4. The van der Waals surface area contributed by atoms with E-state index in [4.69, 9.17) is 12.2 Å². The fourth-order valence-electron chi connectivity index (χ4n) is 2.56. The van der Waals surface area contributed by atoms with Gasteiger partial charge in [-0.1, -0.05) is 6.42 Å². The first-order valence-corrected chi connectivity index (χ1v) is 7.39. The van der Waals surface area contributed by atoms with Crippen LogP contribution in [0.4, 0.5) is 0 Å². The normalized spacial score (nSPS) is 16.4. The van der Waals surface area contributed by atoms with E-state index in [1.54, 1.807) is 18.6 Å².